The van der Waals surface area contributed by atoms with Crippen molar-refractivity contribution in [2.24, 2.45) is 0 Å². The van der Waals surface area contributed by atoms with Crippen LogP contribution in [0.4, 0.5) is 11.7 Å². The van der Waals surface area contributed by atoms with Crippen LogP contribution in [0.25, 0.3) is 11.1 Å². The predicted molar refractivity (Wildman–Crippen MR) is 68.0 cm³/mol. The van der Waals surface area contributed by atoms with Crippen molar-refractivity contribution < 1.29 is 4.42 Å². The molecule has 1 aliphatic heterocycles. The zero-order valence-corrected chi connectivity index (χ0v) is 9.67. The second kappa shape index (κ2) is 3.90. The topological polar surface area (TPSA) is 55.3 Å². The molecule has 1 aromatic carbocycles. The van der Waals surface area contributed by atoms with Crippen LogP contribution in [0, 0.1) is 0 Å². The lowest BCUT2D eigenvalue weighted by atomic mass is 10.3. The standard InChI is InChI=1S/C11H13N3OS/c12-8-1-2-9-10(7-8)15-11(13-9)14-3-5-16-6-4-14/h1-2,7H,3-6,12H2. The molecule has 0 unspecified atom stereocenters. The molecule has 4 nitrogen and oxygen atoms in total. The number of fused-ring (bicyclic) bond motifs is 1. The number of thioether (sulfide) groups is 1. The molecule has 1 aromatic heterocycles. The number of aromatic nitrogens is 1. The van der Waals surface area contributed by atoms with Crippen LogP contribution in [0.3, 0.4) is 0 Å². The molecule has 0 radical (unpaired) electrons. The van der Waals surface area contributed by atoms with Crippen molar-refractivity contribution in [1.29, 1.82) is 0 Å². The van der Waals surface area contributed by atoms with Crippen LogP contribution in [-0.2, 0) is 0 Å². The molecule has 1 saturated heterocycles. The van der Waals surface area contributed by atoms with Gasteiger partial charge in [0, 0.05) is 36.3 Å². The van der Waals surface area contributed by atoms with Crippen molar-refractivity contribution in [2.75, 3.05) is 35.2 Å². The Kier molecular flexibility index (Phi) is 2.40. The van der Waals surface area contributed by atoms with Crippen LogP contribution in [0.2, 0.25) is 0 Å². The van der Waals surface area contributed by atoms with Crippen LogP contribution in [-0.4, -0.2) is 29.6 Å². The normalized spacial score (nSPS) is 16.9. The molecule has 3 rings (SSSR count). The van der Waals surface area contributed by atoms with E-state index in [2.05, 4.69) is 9.88 Å². The molecular formula is C11H13N3OS. The molecule has 0 aliphatic carbocycles. The van der Waals surface area contributed by atoms with E-state index in [0.717, 1.165) is 41.7 Å². The summed E-state index contributed by atoms with van der Waals surface area (Å²) in [6.07, 6.45) is 0. The van der Waals surface area contributed by atoms with Gasteiger partial charge in [-0.15, -0.1) is 0 Å². The van der Waals surface area contributed by atoms with Gasteiger partial charge in [-0.25, -0.2) is 0 Å². The van der Waals surface area contributed by atoms with Crippen molar-refractivity contribution >= 4 is 34.6 Å². The molecule has 2 aromatic rings. The summed E-state index contributed by atoms with van der Waals surface area (Å²) in [4.78, 5) is 6.66. The summed E-state index contributed by atoms with van der Waals surface area (Å²) < 4.78 is 5.71. The molecule has 1 fully saturated rings. The summed E-state index contributed by atoms with van der Waals surface area (Å²) in [5.41, 5.74) is 8.07. The Hall–Kier alpha value is -1.36. The molecule has 0 atom stereocenters. The lowest BCUT2D eigenvalue weighted by Gasteiger charge is -2.24. The number of hydrogen-bond acceptors (Lipinski definition) is 5. The van der Waals surface area contributed by atoms with E-state index < -0.39 is 0 Å². The Morgan fingerprint density at radius 1 is 1.31 bits per heavy atom. The second-order valence-corrected chi connectivity index (χ2v) is 5.05. The zero-order valence-electron chi connectivity index (χ0n) is 8.85. The predicted octanol–water partition coefficient (Wildman–Crippen LogP) is 1.96. The summed E-state index contributed by atoms with van der Waals surface area (Å²) >= 11 is 1.97. The number of nitrogen functional groups attached to an aromatic ring is 1. The number of hydrogen-bond donors (Lipinski definition) is 1. The molecule has 2 N–H and O–H groups in total. The first kappa shape index (κ1) is 9.84. The van der Waals surface area contributed by atoms with Crippen molar-refractivity contribution in [1.82, 2.24) is 4.98 Å². The molecule has 0 amide bonds. The van der Waals surface area contributed by atoms with Gasteiger partial charge >= 0.3 is 0 Å². The van der Waals surface area contributed by atoms with E-state index in [9.17, 15) is 0 Å². The lowest BCUT2D eigenvalue weighted by molar-refractivity contribution is 0.575. The highest BCUT2D eigenvalue weighted by Crippen LogP contribution is 2.25. The highest BCUT2D eigenvalue weighted by molar-refractivity contribution is 7.99. The Bertz CT molecular complexity index is 505. The molecule has 0 spiro atoms. The number of rotatable bonds is 1. The quantitative estimate of drug-likeness (QED) is 0.766. The fourth-order valence-corrected chi connectivity index (χ4v) is 2.72. The van der Waals surface area contributed by atoms with Gasteiger partial charge in [-0.05, 0) is 12.1 Å². The van der Waals surface area contributed by atoms with E-state index in [-0.39, 0.29) is 0 Å². The van der Waals surface area contributed by atoms with Gasteiger partial charge in [0.2, 0.25) is 0 Å². The third-order valence-electron chi connectivity index (χ3n) is 2.68. The van der Waals surface area contributed by atoms with Gasteiger partial charge in [-0.1, -0.05) is 0 Å². The zero-order chi connectivity index (χ0) is 11.0. The number of nitrogens with zero attached hydrogens (tertiary/aromatic N) is 2. The minimum absolute atomic E-state index is 0.712. The van der Waals surface area contributed by atoms with Gasteiger partial charge in [0.25, 0.3) is 6.01 Å². The van der Waals surface area contributed by atoms with Crippen LogP contribution < -0.4 is 10.6 Å². The van der Waals surface area contributed by atoms with Gasteiger partial charge < -0.3 is 15.1 Å². The van der Waals surface area contributed by atoms with Crippen LogP contribution in [0.15, 0.2) is 22.6 Å². The molecule has 5 heteroatoms. The number of anilines is 2. The summed E-state index contributed by atoms with van der Waals surface area (Å²) in [5, 5.41) is 0. The first-order valence-electron chi connectivity index (χ1n) is 5.32. The van der Waals surface area contributed by atoms with Crippen molar-refractivity contribution in [2.45, 2.75) is 0 Å². The van der Waals surface area contributed by atoms with E-state index in [1.807, 2.05) is 30.0 Å². The molecule has 2 heterocycles. The fourth-order valence-electron chi connectivity index (χ4n) is 1.82. The van der Waals surface area contributed by atoms with Gasteiger partial charge in [-0.3, -0.25) is 0 Å². The third-order valence-corrected chi connectivity index (χ3v) is 3.63. The van der Waals surface area contributed by atoms with Crippen molar-refractivity contribution in [3.05, 3.63) is 18.2 Å². The van der Waals surface area contributed by atoms with E-state index in [0.29, 0.717) is 5.69 Å². The Labute approximate surface area is 97.8 Å². The molecule has 16 heavy (non-hydrogen) atoms. The maximum atomic E-state index is 5.71. The summed E-state index contributed by atoms with van der Waals surface area (Å²) in [6, 6.07) is 6.29. The summed E-state index contributed by atoms with van der Waals surface area (Å²) in [5.74, 6) is 2.28. The lowest BCUT2D eigenvalue weighted by Crippen LogP contribution is -2.32. The Morgan fingerprint density at radius 3 is 2.94 bits per heavy atom. The monoisotopic (exact) mass is 235 g/mol. The van der Waals surface area contributed by atoms with Crippen molar-refractivity contribution in [3.8, 4) is 0 Å². The molecular weight excluding hydrogens is 222 g/mol. The van der Waals surface area contributed by atoms with E-state index in [4.69, 9.17) is 10.2 Å². The molecule has 0 bridgehead atoms. The molecule has 0 saturated carbocycles. The number of nitrogens with two attached hydrogens (primary N) is 1. The number of benzene rings is 1. The van der Waals surface area contributed by atoms with E-state index >= 15 is 0 Å². The minimum Gasteiger partial charge on any atom is -0.423 e. The average molecular weight is 235 g/mol. The van der Waals surface area contributed by atoms with E-state index in [1.54, 1.807) is 0 Å². The van der Waals surface area contributed by atoms with Crippen LogP contribution in [0.1, 0.15) is 0 Å². The summed E-state index contributed by atoms with van der Waals surface area (Å²) in [7, 11) is 0. The number of oxazole rings is 1. The average Bonchev–Trinajstić information content (AvgIpc) is 2.73. The van der Waals surface area contributed by atoms with Gasteiger partial charge in [-0.2, -0.15) is 16.7 Å². The van der Waals surface area contributed by atoms with E-state index in [1.165, 1.54) is 0 Å². The Morgan fingerprint density at radius 2 is 2.12 bits per heavy atom. The highest BCUT2D eigenvalue weighted by atomic mass is 32.2. The maximum Gasteiger partial charge on any atom is 0.298 e. The minimum atomic E-state index is 0.712. The first-order valence-corrected chi connectivity index (χ1v) is 6.47. The Balaban J connectivity index is 1.97. The smallest absolute Gasteiger partial charge is 0.298 e. The first-order chi connectivity index (χ1) is 7.83. The third kappa shape index (κ3) is 1.71. The van der Waals surface area contributed by atoms with Crippen LogP contribution >= 0.6 is 11.8 Å². The van der Waals surface area contributed by atoms with Gasteiger partial charge in [0.15, 0.2) is 5.58 Å². The molecule has 1 aliphatic rings. The van der Waals surface area contributed by atoms with Crippen LogP contribution in [0.5, 0.6) is 0 Å². The van der Waals surface area contributed by atoms with Gasteiger partial charge in [0.05, 0.1) is 0 Å². The molecule has 84 valence electrons. The summed E-state index contributed by atoms with van der Waals surface area (Å²) in [6.45, 7) is 2.01. The van der Waals surface area contributed by atoms with Gasteiger partial charge in [0.1, 0.15) is 5.52 Å². The fraction of sp³-hybridized carbons (Fsp3) is 0.364. The second-order valence-electron chi connectivity index (χ2n) is 3.82. The maximum absolute atomic E-state index is 5.71. The largest absolute Gasteiger partial charge is 0.423 e. The highest BCUT2D eigenvalue weighted by Gasteiger charge is 2.16. The SMILES string of the molecule is Nc1ccc2nc(N3CCSCC3)oc2c1. The van der Waals surface area contributed by atoms with Crippen molar-refractivity contribution in [3.63, 3.8) is 0 Å².